The van der Waals surface area contributed by atoms with E-state index in [1.165, 1.54) is 61.6 Å². The molecule has 5 atom stereocenters. The van der Waals surface area contributed by atoms with Gasteiger partial charge in [-0.3, -0.25) is 14.4 Å². The van der Waals surface area contributed by atoms with Crippen molar-refractivity contribution in [3.8, 4) is 5.75 Å². The quantitative estimate of drug-likeness (QED) is 0.0874. The fraction of sp³-hybridized carbons (Fsp3) is 0.754. The van der Waals surface area contributed by atoms with Crippen LogP contribution in [0.15, 0.2) is 48.5 Å². The number of carbonyl (C=O) groups excluding carboxylic acids is 3. The number of alkyl halides is 3. The van der Waals surface area contributed by atoms with Crippen LogP contribution in [0.5, 0.6) is 5.75 Å². The maximum Gasteiger partial charge on any atom is 0.425 e. The van der Waals surface area contributed by atoms with Crippen LogP contribution in [0, 0.1) is 28.1 Å². The molecule has 2 rings (SSSR count). The third-order valence-corrected chi connectivity index (χ3v) is 14.1. The van der Waals surface area contributed by atoms with Crippen molar-refractivity contribution < 1.29 is 46.9 Å². The Morgan fingerprint density at radius 1 is 0.507 bits per heavy atom. The predicted octanol–water partition coefficient (Wildman–Crippen LogP) is 18.7. The molecule has 414 valence electrons. The first-order chi connectivity index (χ1) is 32.7. The number of aromatic hydroxyl groups is 1. The van der Waals surface area contributed by atoms with E-state index in [2.05, 4.69) is 105 Å². The molecule has 7 nitrogen and oxygen atoms in total. The number of benzene rings is 2. The number of hydrogen-bond donors (Lipinski definition) is 1. The molecule has 0 aliphatic carbocycles. The van der Waals surface area contributed by atoms with E-state index < -0.39 is 23.7 Å². The Balaban J connectivity index is -0.000000818. The van der Waals surface area contributed by atoms with Gasteiger partial charge in [-0.15, -0.1) is 0 Å². The van der Waals surface area contributed by atoms with Crippen LogP contribution in [0.4, 0.5) is 13.2 Å². The topological polar surface area (TPSA) is 99.1 Å². The lowest BCUT2D eigenvalue weighted by molar-refractivity contribution is -0.221. The van der Waals surface area contributed by atoms with Crippen molar-refractivity contribution in [3.63, 3.8) is 0 Å². The van der Waals surface area contributed by atoms with Crippen LogP contribution in [0.1, 0.15) is 257 Å². The van der Waals surface area contributed by atoms with Crippen LogP contribution in [-0.2, 0) is 34.0 Å². The first-order valence-electron chi connectivity index (χ1n) is 27.3. The second-order valence-corrected chi connectivity index (χ2v) is 22.4. The number of carbonyl (C=O) groups is 3. The standard InChI is InChI=1S/2C14H28O2.C14H22.C10H14O.C9H15F3O2/c2*1-6-9-10-12(7-2)11-16-13(15)14(4,5)8-3;1-6-11(2)12-7-9-13(10-8-12)14(3,4)5;1-3-8(2)9-4-6-10(11)7-5-9;1-5-8(3,4)7(13)14-6(2)9(10,11)12/h2*12H,6-11H2,1-5H3;7-11H,6H2,1-5H3;4-8,11H,3H2,1-2H3;6H,5H2,1-4H3. The summed E-state index contributed by atoms with van der Waals surface area (Å²) in [5.74, 6) is 1.78. The van der Waals surface area contributed by atoms with Gasteiger partial charge < -0.3 is 19.3 Å². The third-order valence-electron chi connectivity index (χ3n) is 14.1. The second kappa shape index (κ2) is 36.4. The summed E-state index contributed by atoms with van der Waals surface area (Å²) in [7, 11) is 0. The highest BCUT2D eigenvalue weighted by molar-refractivity contribution is 5.76. The van der Waals surface area contributed by atoms with Crippen LogP contribution in [0.25, 0.3) is 0 Å². The van der Waals surface area contributed by atoms with E-state index in [0.29, 0.717) is 49.1 Å². The predicted molar refractivity (Wildman–Crippen MR) is 293 cm³/mol. The van der Waals surface area contributed by atoms with Gasteiger partial charge in [0.15, 0.2) is 6.10 Å². The van der Waals surface area contributed by atoms with Crippen LogP contribution in [0.2, 0.25) is 0 Å². The fourth-order valence-corrected chi connectivity index (χ4v) is 5.98. The molecule has 0 heterocycles. The van der Waals surface area contributed by atoms with E-state index in [1.54, 1.807) is 32.9 Å². The van der Waals surface area contributed by atoms with Crippen molar-refractivity contribution in [3.05, 3.63) is 65.2 Å². The van der Waals surface area contributed by atoms with Crippen molar-refractivity contribution in [2.75, 3.05) is 13.2 Å². The van der Waals surface area contributed by atoms with E-state index in [0.717, 1.165) is 39.0 Å². The molecule has 2 aromatic carbocycles. The number of halogens is 3. The summed E-state index contributed by atoms with van der Waals surface area (Å²) in [4.78, 5) is 34.8. The lowest BCUT2D eigenvalue weighted by Crippen LogP contribution is -2.36. The smallest absolute Gasteiger partial charge is 0.425 e. The molecule has 0 bridgehead atoms. The summed E-state index contributed by atoms with van der Waals surface area (Å²) in [6.07, 6.45) is 7.36. The average Bonchev–Trinajstić information content (AvgIpc) is 3.33. The minimum atomic E-state index is -4.49. The summed E-state index contributed by atoms with van der Waals surface area (Å²) < 4.78 is 51.2. The van der Waals surface area contributed by atoms with Crippen LogP contribution in [-0.4, -0.2) is 48.5 Å². The van der Waals surface area contributed by atoms with Gasteiger partial charge in [0.25, 0.3) is 0 Å². The molecule has 0 aliphatic heterocycles. The maximum atomic E-state index is 12.0. The summed E-state index contributed by atoms with van der Waals surface area (Å²) >= 11 is 0. The van der Waals surface area contributed by atoms with Gasteiger partial charge in [-0.1, -0.05) is 172 Å². The van der Waals surface area contributed by atoms with Crippen molar-refractivity contribution in [1.82, 2.24) is 0 Å². The molecule has 0 saturated carbocycles. The summed E-state index contributed by atoms with van der Waals surface area (Å²) in [6, 6.07) is 16.5. The zero-order valence-electron chi connectivity index (χ0n) is 49.1. The summed E-state index contributed by atoms with van der Waals surface area (Å²) in [6.45, 7) is 43.0. The largest absolute Gasteiger partial charge is 0.508 e. The monoisotopic (exact) mass is 1010 g/mol. The lowest BCUT2D eigenvalue weighted by Gasteiger charge is -2.24. The van der Waals surface area contributed by atoms with Crippen molar-refractivity contribution >= 4 is 17.9 Å². The van der Waals surface area contributed by atoms with Crippen LogP contribution in [0.3, 0.4) is 0 Å². The second-order valence-electron chi connectivity index (χ2n) is 22.4. The molecule has 0 radical (unpaired) electrons. The fourth-order valence-electron chi connectivity index (χ4n) is 5.98. The number of hydrogen-bond acceptors (Lipinski definition) is 7. The minimum Gasteiger partial charge on any atom is -0.508 e. The number of ether oxygens (including phenoxy) is 3. The van der Waals surface area contributed by atoms with E-state index in [4.69, 9.17) is 14.6 Å². The molecule has 5 unspecified atom stereocenters. The Morgan fingerprint density at radius 3 is 1.10 bits per heavy atom. The Morgan fingerprint density at radius 2 is 0.831 bits per heavy atom. The highest BCUT2D eigenvalue weighted by Crippen LogP contribution is 2.29. The van der Waals surface area contributed by atoms with E-state index in [9.17, 15) is 27.6 Å². The van der Waals surface area contributed by atoms with Gasteiger partial charge in [-0.2, -0.15) is 13.2 Å². The zero-order chi connectivity index (χ0) is 55.8. The molecule has 2 aromatic rings. The molecule has 1 N–H and O–H groups in total. The third kappa shape index (κ3) is 31.6. The Labute approximate surface area is 434 Å². The highest BCUT2D eigenvalue weighted by Gasteiger charge is 2.41. The van der Waals surface area contributed by atoms with Crippen molar-refractivity contribution in [1.29, 1.82) is 0 Å². The molecule has 10 heteroatoms. The molecular formula is C61H107F3O7. The Kier molecular flexibility index (Phi) is 36.7. The van der Waals surface area contributed by atoms with Crippen molar-refractivity contribution in [2.45, 2.75) is 258 Å². The zero-order valence-corrected chi connectivity index (χ0v) is 49.1. The molecule has 71 heavy (non-hydrogen) atoms. The van der Waals surface area contributed by atoms with Gasteiger partial charge in [0, 0.05) is 0 Å². The molecule has 0 saturated heterocycles. The molecule has 0 fully saturated rings. The van der Waals surface area contributed by atoms with Gasteiger partial charge in [0.1, 0.15) is 5.75 Å². The Bertz CT molecular complexity index is 1630. The van der Waals surface area contributed by atoms with Gasteiger partial charge in [0.05, 0.1) is 29.5 Å². The number of esters is 3. The Hall–Kier alpha value is -3.56. The molecular weight excluding hydrogens is 902 g/mol. The first-order valence-corrected chi connectivity index (χ1v) is 27.3. The molecule has 0 amide bonds. The molecule has 0 spiro atoms. The van der Waals surface area contributed by atoms with Gasteiger partial charge >= 0.3 is 24.1 Å². The van der Waals surface area contributed by atoms with E-state index in [1.807, 2.05) is 53.7 Å². The number of unbranched alkanes of at least 4 members (excludes halogenated alkanes) is 2. The van der Waals surface area contributed by atoms with Gasteiger partial charge in [-0.25, -0.2) is 0 Å². The van der Waals surface area contributed by atoms with Gasteiger partial charge in [-0.05, 0) is 151 Å². The summed E-state index contributed by atoms with van der Waals surface area (Å²) in [5, 5.41) is 9.01. The van der Waals surface area contributed by atoms with E-state index >= 15 is 0 Å². The minimum absolute atomic E-state index is 0.0510. The van der Waals surface area contributed by atoms with Crippen molar-refractivity contribution in [2.24, 2.45) is 28.1 Å². The van der Waals surface area contributed by atoms with Gasteiger partial charge in [0.2, 0.25) is 0 Å². The average molecular weight is 1010 g/mol. The SMILES string of the molecule is CCC(C)(C)C(=O)OC(C)C(F)(F)F.CCC(C)c1ccc(C(C)(C)C)cc1.CCC(C)c1ccc(O)cc1.CCCCC(CC)COC(=O)C(C)(C)CC.CCCCC(CC)COC(=O)C(C)(C)CC. The van der Waals surface area contributed by atoms with E-state index in [-0.39, 0.29) is 28.2 Å². The number of phenols is 1. The summed E-state index contributed by atoms with van der Waals surface area (Å²) in [5.41, 5.74) is 2.93. The normalized spacial score (nSPS) is 13.9. The number of rotatable bonds is 23. The highest BCUT2D eigenvalue weighted by atomic mass is 19.4. The van der Waals surface area contributed by atoms with Crippen LogP contribution < -0.4 is 0 Å². The maximum absolute atomic E-state index is 12.0. The molecule has 0 aromatic heterocycles. The molecule has 0 aliphatic rings. The van der Waals surface area contributed by atoms with Crippen LogP contribution >= 0.6 is 0 Å². The number of phenolic OH excluding ortho intramolecular Hbond substituents is 1. The lowest BCUT2D eigenvalue weighted by atomic mass is 9.85. The first kappa shape index (κ1) is 71.7.